The molecule has 12 heteroatoms. The number of aliphatic hydroxyl groups is 1. The number of hydroxylamine groups is 2. The molecule has 0 unspecified atom stereocenters. The zero-order valence-corrected chi connectivity index (χ0v) is 35.2. The fourth-order valence-corrected chi connectivity index (χ4v) is 8.68. The lowest BCUT2D eigenvalue weighted by Gasteiger charge is -2.50. The second kappa shape index (κ2) is 18.4. The molecular weight excluding hydrogens is 723 g/mol. The Morgan fingerprint density at radius 2 is 1.74 bits per heavy atom. The number of methoxy groups -OCH3 is 2. The van der Waals surface area contributed by atoms with Gasteiger partial charge in [-0.05, 0) is 65.8 Å². The van der Waals surface area contributed by atoms with Crippen LogP contribution in [0.2, 0.25) is 0 Å². The predicted molar refractivity (Wildman–Crippen MR) is 222 cm³/mol. The Labute approximate surface area is 338 Å². The summed E-state index contributed by atoms with van der Waals surface area (Å²) < 4.78 is 11.1. The van der Waals surface area contributed by atoms with Crippen LogP contribution in [-0.4, -0.2) is 93.1 Å². The second-order valence-corrected chi connectivity index (χ2v) is 16.8. The van der Waals surface area contributed by atoms with E-state index in [2.05, 4.69) is 45.3 Å². The summed E-state index contributed by atoms with van der Waals surface area (Å²) in [7, 11) is 6.66. The molecule has 1 aliphatic heterocycles. The molecule has 3 aromatic carbocycles. The van der Waals surface area contributed by atoms with Crippen molar-refractivity contribution in [2.75, 3.05) is 39.8 Å². The number of nitrogens with zero attached hydrogens (tertiary/aromatic N) is 2. The van der Waals surface area contributed by atoms with Gasteiger partial charge in [0.05, 0.1) is 33.0 Å². The van der Waals surface area contributed by atoms with E-state index in [9.17, 15) is 19.5 Å². The molecular formula is C45H63N5O7. The molecule has 2 fully saturated rings. The number of aliphatic hydroxyl groups excluding tert-OH is 1. The Hall–Kier alpha value is -4.49. The number of nitrogens with two attached hydrogens (primary N) is 1. The van der Waals surface area contributed by atoms with Gasteiger partial charge in [-0.15, -0.1) is 0 Å². The standard InChI is InChI=1S/C45H63N5O7/c1-26-19-36(27(2)28(3)45(26,5)6)47-43(53)40-39(29(4)51)38(24-46)57-50(40)25-31-17-14-18-35(41(31)55-9)32-21-33(23-34(22-32)49(7)8)42(52)48-37(44(54)56-10)20-30-15-12-11-13-16-30/h11-18,21-23,26-29,36-40,51H,19-20,24-25,46H2,1-10H3,(H,47,53)(H,48,52)/t26-,27+,28+,29+,36+,37+,38+,39-,40+/m1/s1. The lowest BCUT2D eigenvalue weighted by atomic mass is 9.58. The number of rotatable bonds is 14. The molecule has 3 aromatic rings. The number of amides is 2. The molecule has 9 atom stereocenters. The molecule has 0 bridgehead atoms. The van der Waals surface area contributed by atoms with Crippen LogP contribution in [0.5, 0.6) is 5.75 Å². The number of hydrogen-bond acceptors (Lipinski definition) is 10. The minimum Gasteiger partial charge on any atom is -0.496 e. The van der Waals surface area contributed by atoms with Gasteiger partial charge in [-0.3, -0.25) is 14.4 Å². The SMILES string of the molecule is COC(=O)[C@H](Cc1ccccc1)NC(=O)c1cc(-c2cccc(CN3O[C@@H](CN)[C@@H]([C@H](C)O)[C@H]3C(=O)N[C@H]3C[C@@H](C)C(C)(C)[C@@H](C)[C@@H]3C)c2OC)cc(N(C)C)c1. The molecule has 1 saturated carbocycles. The fraction of sp³-hybridized carbons (Fsp3) is 0.533. The number of hydrogen-bond donors (Lipinski definition) is 4. The van der Waals surface area contributed by atoms with Gasteiger partial charge < -0.3 is 35.8 Å². The van der Waals surface area contributed by atoms with Crippen molar-refractivity contribution >= 4 is 23.5 Å². The van der Waals surface area contributed by atoms with Crippen LogP contribution in [0.4, 0.5) is 5.69 Å². The summed E-state index contributed by atoms with van der Waals surface area (Å²) in [6.07, 6.45) is -0.318. The molecule has 0 aromatic heterocycles. The van der Waals surface area contributed by atoms with Gasteiger partial charge in [0.15, 0.2) is 0 Å². The molecule has 0 spiro atoms. The van der Waals surface area contributed by atoms with E-state index in [1.807, 2.05) is 73.6 Å². The second-order valence-electron chi connectivity index (χ2n) is 16.8. The van der Waals surface area contributed by atoms with Gasteiger partial charge in [0.1, 0.15) is 17.8 Å². The summed E-state index contributed by atoms with van der Waals surface area (Å²) in [4.78, 5) is 49.4. The zero-order chi connectivity index (χ0) is 41.8. The van der Waals surface area contributed by atoms with Crippen molar-refractivity contribution in [2.45, 2.75) is 91.3 Å². The average Bonchev–Trinajstić information content (AvgIpc) is 3.57. The van der Waals surface area contributed by atoms with Crippen LogP contribution in [0.1, 0.15) is 69.4 Å². The lowest BCUT2D eigenvalue weighted by molar-refractivity contribution is -0.174. The number of anilines is 1. The van der Waals surface area contributed by atoms with Gasteiger partial charge >= 0.3 is 5.97 Å². The van der Waals surface area contributed by atoms with E-state index in [1.165, 1.54) is 7.11 Å². The molecule has 5 rings (SSSR count). The Balaban J connectivity index is 1.47. The van der Waals surface area contributed by atoms with Crippen LogP contribution in [0.15, 0.2) is 66.7 Å². The normalized spacial score (nSPS) is 25.6. The first-order valence-electron chi connectivity index (χ1n) is 20.0. The third-order valence-corrected chi connectivity index (χ3v) is 12.9. The van der Waals surface area contributed by atoms with Gasteiger partial charge in [0.25, 0.3) is 5.91 Å². The number of benzene rings is 3. The molecule has 57 heavy (non-hydrogen) atoms. The number of carbonyl (C=O) groups is 3. The number of para-hydroxylation sites is 1. The van der Waals surface area contributed by atoms with Crippen LogP contribution in [0.3, 0.4) is 0 Å². The minimum atomic E-state index is -0.900. The van der Waals surface area contributed by atoms with Crippen LogP contribution in [0, 0.1) is 29.1 Å². The summed E-state index contributed by atoms with van der Waals surface area (Å²) in [6.45, 7) is 13.3. The maximum atomic E-state index is 14.4. The van der Waals surface area contributed by atoms with E-state index in [-0.39, 0.29) is 42.8 Å². The van der Waals surface area contributed by atoms with Crippen LogP contribution in [-0.2, 0) is 32.1 Å². The number of carbonyl (C=O) groups excluding carboxylic acids is 3. The fourth-order valence-electron chi connectivity index (χ4n) is 8.68. The third kappa shape index (κ3) is 9.46. The number of ether oxygens (including phenoxy) is 2. The van der Waals surface area contributed by atoms with Crippen molar-refractivity contribution in [2.24, 2.45) is 34.8 Å². The molecule has 5 N–H and O–H groups in total. The Bertz CT molecular complexity index is 1870. The first-order valence-corrected chi connectivity index (χ1v) is 20.0. The molecule has 2 aliphatic rings. The lowest BCUT2D eigenvalue weighted by Crippen LogP contribution is -2.56. The minimum absolute atomic E-state index is 0.0292. The molecule has 1 heterocycles. The highest BCUT2D eigenvalue weighted by Crippen LogP contribution is 2.47. The molecule has 12 nitrogen and oxygen atoms in total. The van der Waals surface area contributed by atoms with Crippen molar-refractivity contribution in [1.82, 2.24) is 15.7 Å². The summed E-state index contributed by atoms with van der Waals surface area (Å²) in [6, 6.07) is 18.9. The van der Waals surface area contributed by atoms with Crippen molar-refractivity contribution in [1.29, 1.82) is 0 Å². The van der Waals surface area contributed by atoms with Gasteiger partial charge in [0, 0.05) is 61.4 Å². The van der Waals surface area contributed by atoms with Crippen molar-refractivity contribution in [3.05, 3.63) is 83.4 Å². The maximum Gasteiger partial charge on any atom is 0.328 e. The van der Waals surface area contributed by atoms with Crippen LogP contribution >= 0.6 is 0 Å². The summed E-state index contributed by atoms with van der Waals surface area (Å²) in [5.41, 5.74) is 10.5. The highest BCUT2D eigenvalue weighted by Gasteiger charge is 2.51. The number of esters is 1. The molecule has 1 saturated heterocycles. The Morgan fingerprint density at radius 3 is 2.35 bits per heavy atom. The van der Waals surface area contributed by atoms with Gasteiger partial charge in [0.2, 0.25) is 5.91 Å². The Morgan fingerprint density at radius 1 is 1.04 bits per heavy atom. The molecule has 2 amide bonds. The van der Waals surface area contributed by atoms with E-state index in [1.54, 1.807) is 31.2 Å². The van der Waals surface area contributed by atoms with E-state index in [0.29, 0.717) is 34.3 Å². The molecule has 1 aliphatic carbocycles. The van der Waals surface area contributed by atoms with Crippen LogP contribution in [0.25, 0.3) is 11.1 Å². The third-order valence-electron chi connectivity index (χ3n) is 12.9. The summed E-state index contributed by atoms with van der Waals surface area (Å²) in [5, 5.41) is 19.0. The Kier molecular flexibility index (Phi) is 14.1. The van der Waals surface area contributed by atoms with Gasteiger partial charge in [-0.1, -0.05) is 83.1 Å². The summed E-state index contributed by atoms with van der Waals surface area (Å²) in [5.74, 6) is -0.159. The predicted octanol–water partition coefficient (Wildman–Crippen LogP) is 5.21. The van der Waals surface area contributed by atoms with E-state index >= 15 is 0 Å². The topological polar surface area (TPSA) is 156 Å². The highest BCUT2D eigenvalue weighted by atomic mass is 16.7. The highest BCUT2D eigenvalue weighted by molar-refractivity contribution is 5.99. The van der Waals surface area contributed by atoms with Gasteiger partial charge in [-0.2, -0.15) is 5.06 Å². The first kappa shape index (κ1) is 43.6. The quantitative estimate of drug-likeness (QED) is 0.160. The van der Waals surface area contributed by atoms with E-state index in [4.69, 9.17) is 20.0 Å². The van der Waals surface area contributed by atoms with Crippen LogP contribution < -0.4 is 26.0 Å². The smallest absolute Gasteiger partial charge is 0.328 e. The molecule has 0 radical (unpaired) electrons. The van der Waals surface area contributed by atoms with Gasteiger partial charge in [-0.25, -0.2) is 4.79 Å². The maximum absolute atomic E-state index is 14.4. The van der Waals surface area contributed by atoms with Crippen molar-refractivity contribution in [3.8, 4) is 16.9 Å². The zero-order valence-electron chi connectivity index (χ0n) is 35.2. The van der Waals surface area contributed by atoms with Crippen molar-refractivity contribution < 1.29 is 33.8 Å². The first-order chi connectivity index (χ1) is 27.0. The van der Waals surface area contributed by atoms with Crippen molar-refractivity contribution in [3.63, 3.8) is 0 Å². The average molecular weight is 786 g/mol. The van der Waals surface area contributed by atoms with E-state index < -0.39 is 42.1 Å². The largest absolute Gasteiger partial charge is 0.496 e. The number of nitrogens with one attached hydrogen (secondary N) is 2. The van der Waals surface area contributed by atoms with E-state index in [0.717, 1.165) is 23.2 Å². The monoisotopic (exact) mass is 785 g/mol. The molecule has 310 valence electrons. The summed E-state index contributed by atoms with van der Waals surface area (Å²) >= 11 is 0.